The first-order chi connectivity index (χ1) is 16.7. The van der Waals surface area contributed by atoms with Gasteiger partial charge in [0.1, 0.15) is 34.7 Å². The molecule has 1 aromatic carbocycles. The van der Waals surface area contributed by atoms with Gasteiger partial charge in [0, 0.05) is 23.9 Å². The number of aromatic nitrogens is 4. The van der Waals surface area contributed by atoms with Crippen LogP contribution >= 0.6 is 11.6 Å². The number of nitrogen functional groups attached to an aromatic ring is 1. The summed E-state index contributed by atoms with van der Waals surface area (Å²) in [7, 11) is 0. The molecule has 9 nitrogen and oxygen atoms in total. The van der Waals surface area contributed by atoms with Crippen molar-refractivity contribution in [2.24, 2.45) is 0 Å². The van der Waals surface area contributed by atoms with E-state index in [2.05, 4.69) is 26.6 Å². The van der Waals surface area contributed by atoms with Gasteiger partial charge in [-0.05, 0) is 50.6 Å². The Kier molecular flexibility index (Phi) is 6.53. The smallest absolute Gasteiger partial charge is 0.234 e. The number of pyridine rings is 1. The molecule has 3 aromatic heterocycles. The number of nitrogens with zero attached hydrogens (tertiary/aromatic N) is 5. The van der Waals surface area contributed by atoms with Crippen LogP contribution in [0.1, 0.15) is 43.9 Å². The van der Waals surface area contributed by atoms with E-state index in [1.54, 1.807) is 29.9 Å². The molecule has 11 heteroatoms. The molecule has 4 rings (SSSR count). The number of nitrogens with two attached hydrogens (primary N) is 1. The molecule has 35 heavy (non-hydrogen) atoms. The number of anilines is 2. The third kappa shape index (κ3) is 4.72. The molecule has 1 unspecified atom stereocenters. The van der Waals surface area contributed by atoms with Crippen LogP contribution in [0.5, 0.6) is 0 Å². The van der Waals surface area contributed by atoms with Crippen LogP contribution in [0.3, 0.4) is 0 Å². The van der Waals surface area contributed by atoms with Gasteiger partial charge in [0.15, 0.2) is 0 Å². The highest BCUT2D eigenvalue weighted by Gasteiger charge is 2.22. The van der Waals surface area contributed by atoms with Gasteiger partial charge in [-0.2, -0.15) is 10.4 Å². The van der Waals surface area contributed by atoms with E-state index in [9.17, 15) is 14.4 Å². The maximum absolute atomic E-state index is 13.3. The molecule has 3 N–H and O–H groups in total. The molecular formula is C24H21ClFN7O2. The third-order valence-electron chi connectivity index (χ3n) is 5.43. The number of nitriles is 1. The molecule has 0 fully saturated rings. The lowest BCUT2D eigenvalue weighted by molar-refractivity contribution is -0.117. The highest BCUT2D eigenvalue weighted by molar-refractivity contribution is 6.33. The van der Waals surface area contributed by atoms with E-state index in [0.717, 1.165) is 0 Å². The van der Waals surface area contributed by atoms with Gasteiger partial charge in [-0.1, -0.05) is 22.8 Å². The van der Waals surface area contributed by atoms with Crippen LogP contribution in [0.2, 0.25) is 5.02 Å². The third-order valence-corrected chi connectivity index (χ3v) is 5.75. The van der Waals surface area contributed by atoms with Crippen molar-refractivity contribution >= 4 is 29.2 Å². The predicted molar refractivity (Wildman–Crippen MR) is 129 cm³/mol. The Morgan fingerprint density at radius 1 is 1.23 bits per heavy atom. The van der Waals surface area contributed by atoms with Gasteiger partial charge in [-0.3, -0.25) is 15.1 Å². The van der Waals surface area contributed by atoms with Crippen molar-refractivity contribution in [3.63, 3.8) is 0 Å². The van der Waals surface area contributed by atoms with Crippen molar-refractivity contribution in [1.82, 2.24) is 19.9 Å². The first-order valence-corrected chi connectivity index (χ1v) is 11.0. The Bertz CT molecular complexity index is 1440. The molecule has 1 atom stereocenters. The van der Waals surface area contributed by atoms with Gasteiger partial charge in [-0.25, -0.2) is 9.07 Å². The van der Waals surface area contributed by atoms with Gasteiger partial charge in [0.25, 0.3) is 0 Å². The average molecular weight is 494 g/mol. The summed E-state index contributed by atoms with van der Waals surface area (Å²) in [5, 5.41) is 20.7. The zero-order chi connectivity index (χ0) is 25.3. The fourth-order valence-corrected chi connectivity index (χ4v) is 3.74. The van der Waals surface area contributed by atoms with Gasteiger partial charge >= 0.3 is 0 Å². The Balaban J connectivity index is 1.50. The number of rotatable bonds is 6. The van der Waals surface area contributed by atoms with Crippen molar-refractivity contribution in [3.8, 4) is 28.7 Å². The molecule has 178 valence electrons. The minimum Gasteiger partial charge on any atom is -0.383 e. The number of carbonyl (C=O) groups is 1. The van der Waals surface area contributed by atoms with E-state index in [4.69, 9.17) is 21.9 Å². The largest absolute Gasteiger partial charge is 0.383 e. The molecule has 4 aromatic rings. The number of hydrogen-bond donors (Lipinski definition) is 2. The summed E-state index contributed by atoms with van der Waals surface area (Å²) in [5.41, 5.74) is 8.65. The predicted octanol–water partition coefficient (Wildman–Crippen LogP) is 5.17. The molecule has 0 aliphatic rings. The summed E-state index contributed by atoms with van der Waals surface area (Å²) >= 11 is 6.06. The first kappa shape index (κ1) is 23.9. The maximum atomic E-state index is 13.3. The van der Waals surface area contributed by atoms with Crippen LogP contribution in [-0.2, 0) is 4.79 Å². The lowest BCUT2D eigenvalue weighted by atomic mass is 10.0. The van der Waals surface area contributed by atoms with Gasteiger partial charge < -0.3 is 10.3 Å². The zero-order valence-corrected chi connectivity index (χ0v) is 19.8. The fraction of sp³-hybridized carbons (Fsp3) is 0.208. The topological polar surface area (TPSA) is 136 Å². The minimum absolute atomic E-state index is 0.0190. The lowest BCUT2D eigenvalue weighted by Crippen LogP contribution is -2.18. The number of hydrogen-bond acceptors (Lipinski definition) is 7. The summed E-state index contributed by atoms with van der Waals surface area (Å²) in [6.45, 7) is 5.54. The highest BCUT2D eigenvalue weighted by Crippen LogP contribution is 2.31. The van der Waals surface area contributed by atoms with Crippen molar-refractivity contribution in [3.05, 3.63) is 64.6 Å². The van der Waals surface area contributed by atoms with Crippen LogP contribution in [0.4, 0.5) is 16.1 Å². The fourth-order valence-electron chi connectivity index (χ4n) is 3.47. The van der Waals surface area contributed by atoms with Crippen molar-refractivity contribution < 1.29 is 13.7 Å². The Labute approximate surface area is 205 Å². The second-order valence-electron chi connectivity index (χ2n) is 8.15. The van der Waals surface area contributed by atoms with Crippen molar-refractivity contribution in [2.75, 3.05) is 11.1 Å². The summed E-state index contributed by atoms with van der Waals surface area (Å²) in [6.07, 6.45) is 1.55. The van der Waals surface area contributed by atoms with E-state index in [0.29, 0.717) is 28.2 Å². The summed E-state index contributed by atoms with van der Waals surface area (Å²) in [4.78, 5) is 17.2. The number of amides is 1. The maximum Gasteiger partial charge on any atom is 0.234 e. The van der Waals surface area contributed by atoms with Crippen LogP contribution in [0.15, 0.2) is 47.1 Å². The summed E-state index contributed by atoms with van der Waals surface area (Å²) < 4.78 is 20.1. The molecule has 0 saturated heterocycles. The van der Waals surface area contributed by atoms with Crippen LogP contribution in [-0.4, -0.2) is 25.8 Å². The van der Waals surface area contributed by atoms with Crippen LogP contribution in [0, 0.1) is 17.1 Å². The zero-order valence-electron chi connectivity index (χ0n) is 19.1. The summed E-state index contributed by atoms with van der Waals surface area (Å²) in [6, 6.07) is 10.9. The van der Waals surface area contributed by atoms with Crippen LogP contribution < -0.4 is 11.1 Å². The normalized spacial score (nSPS) is 11.9. The Hall–Kier alpha value is -4.23. The number of halogens is 2. The van der Waals surface area contributed by atoms with Gasteiger partial charge in [-0.15, -0.1) is 0 Å². The van der Waals surface area contributed by atoms with E-state index < -0.39 is 11.7 Å². The van der Waals surface area contributed by atoms with E-state index in [1.807, 2.05) is 13.8 Å². The van der Waals surface area contributed by atoms with E-state index >= 15 is 0 Å². The molecule has 0 aliphatic heterocycles. The molecule has 1 amide bonds. The minimum atomic E-state index is -0.576. The van der Waals surface area contributed by atoms with Gasteiger partial charge in [0.2, 0.25) is 11.8 Å². The van der Waals surface area contributed by atoms with Crippen molar-refractivity contribution in [1.29, 1.82) is 5.26 Å². The molecular weight excluding hydrogens is 473 g/mol. The Morgan fingerprint density at radius 2 is 2.00 bits per heavy atom. The number of carbonyl (C=O) groups excluding carboxylic acids is 1. The Morgan fingerprint density at radius 3 is 2.63 bits per heavy atom. The molecule has 0 saturated carbocycles. The average Bonchev–Trinajstić information content (AvgIpc) is 3.42. The quantitative estimate of drug-likeness (QED) is 0.378. The summed E-state index contributed by atoms with van der Waals surface area (Å²) in [5.74, 6) is -0.990. The van der Waals surface area contributed by atoms with Crippen LogP contribution in [0.25, 0.3) is 22.6 Å². The second kappa shape index (κ2) is 9.56. The standard InChI is InChI=1S/C24H21ClFN7O2/c1-12(2)33-23(28)17(10-27)22(31-33)19-7-4-14(11-29-19)13(3)24(34)30-21-9-20(32-35-21)16-6-5-15(26)8-18(16)25/h4-9,11-13H,28H2,1-3H3,(H,30,34). The van der Waals surface area contributed by atoms with E-state index in [-0.39, 0.29) is 34.2 Å². The first-order valence-electron chi connectivity index (χ1n) is 10.7. The van der Waals surface area contributed by atoms with E-state index in [1.165, 1.54) is 24.3 Å². The number of nitrogens with one attached hydrogen (secondary N) is 1. The highest BCUT2D eigenvalue weighted by atomic mass is 35.5. The molecule has 3 heterocycles. The van der Waals surface area contributed by atoms with Crippen molar-refractivity contribution in [2.45, 2.75) is 32.7 Å². The monoisotopic (exact) mass is 493 g/mol. The molecule has 0 radical (unpaired) electrons. The molecule has 0 bridgehead atoms. The lowest BCUT2D eigenvalue weighted by Gasteiger charge is -2.11. The number of benzene rings is 1. The second-order valence-corrected chi connectivity index (χ2v) is 8.55. The molecule has 0 aliphatic carbocycles. The molecule has 0 spiro atoms. The van der Waals surface area contributed by atoms with Gasteiger partial charge in [0.05, 0.1) is 16.6 Å². The SMILES string of the molecule is CC(C(=O)Nc1cc(-c2ccc(F)cc2Cl)no1)c1ccc(-c2nn(C(C)C)c(N)c2C#N)nc1.